The van der Waals surface area contributed by atoms with E-state index in [0.29, 0.717) is 24.5 Å². The van der Waals surface area contributed by atoms with Crippen molar-refractivity contribution >= 4 is 17.3 Å². The summed E-state index contributed by atoms with van der Waals surface area (Å²) in [6.45, 7) is 4.81. The van der Waals surface area contributed by atoms with Crippen LogP contribution < -0.4 is 11.1 Å². The zero-order valence-electron chi connectivity index (χ0n) is 12.4. The number of esters is 1. The SMILES string of the molecule is CCCC(COC)Nc1ccc(N)cc1C(=O)OCC. The summed E-state index contributed by atoms with van der Waals surface area (Å²) >= 11 is 0. The van der Waals surface area contributed by atoms with E-state index in [0.717, 1.165) is 18.5 Å². The number of hydrogen-bond acceptors (Lipinski definition) is 5. The molecule has 5 heteroatoms. The van der Waals surface area contributed by atoms with E-state index in [2.05, 4.69) is 12.2 Å². The molecule has 0 saturated heterocycles. The number of benzene rings is 1. The molecule has 1 atom stereocenters. The summed E-state index contributed by atoms with van der Waals surface area (Å²) in [5.41, 5.74) is 7.48. The first-order valence-electron chi connectivity index (χ1n) is 6.94. The van der Waals surface area contributed by atoms with Crippen LogP contribution in [-0.2, 0) is 9.47 Å². The van der Waals surface area contributed by atoms with Gasteiger partial charge >= 0.3 is 5.97 Å². The Bertz CT molecular complexity index is 429. The predicted octanol–water partition coefficient (Wildman–Crippen LogP) is 2.67. The molecule has 1 rings (SSSR count). The zero-order valence-corrected chi connectivity index (χ0v) is 12.4. The van der Waals surface area contributed by atoms with Crippen molar-refractivity contribution in [3.05, 3.63) is 23.8 Å². The van der Waals surface area contributed by atoms with E-state index in [1.54, 1.807) is 32.2 Å². The fourth-order valence-electron chi connectivity index (χ4n) is 2.03. The van der Waals surface area contributed by atoms with Crippen molar-refractivity contribution in [3.8, 4) is 0 Å². The molecule has 1 unspecified atom stereocenters. The molecule has 0 fully saturated rings. The van der Waals surface area contributed by atoms with Crippen molar-refractivity contribution in [2.75, 3.05) is 31.4 Å². The molecule has 0 aliphatic heterocycles. The Morgan fingerprint density at radius 2 is 2.15 bits per heavy atom. The number of rotatable bonds is 8. The lowest BCUT2D eigenvalue weighted by Crippen LogP contribution is -2.26. The summed E-state index contributed by atoms with van der Waals surface area (Å²) in [5, 5.41) is 3.33. The van der Waals surface area contributed by atoms with Crippen LogP contribution in [0.1, 0.15) is 37.0 Å². The first-order chi connectivity index (χ1) is 9.62. The molecular formula is C15H24N2O3. The van der Waals surface area contributed by atoms with Crippen molar-refractivity contribution in [2.24, 2.45) is 0 Å². The van der Waals surface area contributed by atoms with E-state index in [-0.39, 0.29) is 12.0 Å². The second-order valence-corrected chi connectivity index (χ2v) is 4.61. The average molecular weight is 280 g/mol. The lowest BCUT2D eigenvalue weighted by atomic mass is 10.1. The number of anilines is 2. The van der Waals surface area contributed by atoms with Gasteiger partial charge in [-0.2, -0.15) is 0 Å². The number of nitrogens with one attached hydrogen (secondary N) is 1. The smallest absolute Gasteiger partial charge is 0.340 e. The van der Waals surface area contributed by atoms with Gasteiger partial charge in [-0.05, 0) is 31.5 Å². The zero-order chi connectivity index (χ0) is 15.0. The van der Waals surface area contributed by atoms with Gasteiger partial charge in [-0.1, -0.05) is 13.3 Å². The highest BCUT2D eigenvalue weighted by Crippen LogP contribution is 2.21. The Hall–Kier alpha value is -1.75. The van der Waals surface area contributed by atoms with E-state index in [4.69, 9.17) is 15.2 Å². The highest BCUT2D eigenvalue weighted by Gasteiger charge is 2.16. The number of methoxy groups -OCH3 is 1. The van der Waals surface area contributed by atoms with Gasteiger partial charge in [-0.3, -0.25) is 0 Å². The minimum absolute atomic E-state index is 0.154. The average Bonchev–Trinajstić information content (AvgIpc) is 2.41. The van der Waals surface area contributed by atoms with Crippen LogP contribution in [-0.4, -0.2) is 32.3 Å². The van der Waals surface area contributed by atoms with Gasteiger partial charge in [0.15, 0.2) is 0 Å². The maximum atomic E-state index is 12.0. The molecule has 1 aromatic rings. The van der Waals surface area contributed by atoms with Gasteiger partial charge in [0.25, 0.3) is 0 Å². The molecule has 20 heavy (non-hydrogen) atoms. The molecule has 0 amide bonds. The molecule has 0 heterocycles. The number of ether oxygens (including phenoxy) is 2. The molecule has 1 aromatic carbocycles. The van der Waals surface area contributed by atoms with Gasteiger partial charge in [0.1, 0.15) is 0 Å². The van der Waals surface area contributed by atoms with Gasteiger partial charge in [-0.15, -0.1) is 0 Å². The lowest BCUT2D eigenvalue weighted by molar-refractivity contribution is 0.0527. The number of carbonyl (C=O) groups excluding carboxylic acids is 1. The maximum absolute atomic E-state index is 12.0. The third kappa shape index (κ3) is 4.74. The predicted molar refractivity (Wildman–Crippen MR) is 81.0 cm³/mol. The molecule has 112 valence electrons. The standard InChI is InChI=1S/C15H24N2O3/c1-4-6-12(10-19-3)17-14-8-7-11(16)9-13(14)15(18)20-5-2/h7-9,12,17H,4-6,10,16H2,1-3H3. The minimum Gasteiger partial charge on any atom is -0.462 e. The molecule has 0 bridgehead atoms. The van der Waals surface area contributed by atoms with E-state index in [1.165, 1.54) is 0 Å². The van der Waals surface area contributed by atoms with Crippen LogP contribution in [0.25, 0.3) is 0 Å². The van der Waals surface area contributed by atoms with Gasteiger partial charge in [0, 0.05) is 24.5 Å². The molecular weight excluding hydrogens is 256 g/mol. The van der Waals surface area contributed by atoms with Gasteiger partial charge in [-0.25, -0.2) is 4.79 Å². The van der Waals surface area contributed by atoms with Gasteiger partial charge < -0.3 is 20.5 Å². The molecule has 0 aliphatic rings. The fourth-order valence-corrected chi connectivity index (χ4v) is 2.03. The normalized spacial score (nSPS) is 11.9. The molecule has 3 N–H and O–H groups in total. The summed E-state index contributed by atoms with van der Waals surface area (Å²) in [4.78, 5) is 12.0. The number of nitrogen functional groups attached to an aromatic ring is 1. The number of hydrogen-bond donors (Lipinski definition) is 2. The van der Waals surface area contributed by atoms with Crippen molar-refractivity contribution in [3.63, 3.8) is 0 Å². The molecule has 0 aliphatic carbocycles. The number of nitrogens with two attached hydrogens (primary N) is 1. The Morgan fingerprint density at radius 1 is 1.40 bits per heavy atom. The highest BCUT2D eigenvalue weighted by atomic mass is 16.5. The van der Waals surface area contributed by atoms with Crippen LogP contribution in [0.5, 0.6) is 0 Å². The van der Waals surface area contributed by atoms with Gasteiger partial charge in [0.2, 0.25) is 0 Å². The third-order valence-corrected chi connectivity index (χ3v) is 2.90. The van der Waals surface area contributed by atoms with Crippen LogP contribution in [0, 0.1) is 0 Å². The Balaban J connectivity index is 2.94. The summed E-state index contributed by atoms with van der Waals surface area (Å²) in [5.74, 6) is -0.366. The summed E-state index contributed by atoms with van der Waals surface area (Å²) in [6, 6.07) is 5.36. The largest absolute Gasteiger partial charge is 0.462 e. The summed E-state index contributed by atoms with van der Waals surface area (Å²) in [6.07, 6.45) is 1.99. The lowest BCUT2D eigenvalue weighted by Gasteiger charge is -2.20. The Labute approximate surface area is 120 Å². The maximum Gasteiger partial charge on any atom is 0.340 e. The number of carbonyl (C=O) groups is 1. The van der Waals surface area contributed by atoms with E-state index in [1.807, 2.05) is 0 Å². The third-order valence-electron chi connectivity index (χ3n) is 2.90. The topological polar surface area (TPSA) is 73.6 Å². The molecule has 0 radical (unpaired) electrons. The second-order valence-electron chi connectivity index (χ2n) is 4.61. The first-order valence-corrected chi connectivity index (χ1v) is 6.94. The Kier molecular flexibility index (Phi) is 6.87. The van der Waals surface area contributed by atoms with E-state index < -0.39 is 0 Å². The van der Waals surface area contributed by atoms with Crippen LogP contribution in [0.2, 0.25) is 0 Å². The monoisotopic (exact) mass is 280 g/mol. The van der Waals surface area contributed by atoms with Crippen molar-refractivity contribution < 1.29 is 14.3 Å². The Morgan fingerprint density at radius 3 is 2.75 bits per heavy atom. The van der Waals surface area contributed by atoms with Crippen molar-refractivity contribution in [1.29, 1.82) is 0 Å². The highest BCUT2D eigenvalue weighted by molar-refractivity contribution is 5.96. The fraction of sp³-hybridized carbons (Fsp3) is 0.533. The van der Waals surface area contributed by atoms with Crippen LogP contribution in [0.15, 0.2) is 18.2 Å². The van der Waals surface area contributed by atoms with Gasteiger partial charge in [0.05, 0.1) is 18.8 Å². The summed E-state index contributed by atoms with van der Waals surface area (Å²) < 4.78 is 10.3. The minimum atomic E-state index is -0.366. The second kappa shape index (κ2) is 8.43. The molecule has 5 nitrogen and oxygen atoms in total. The van der Waals surface area contributed by atoms with Crippen molar-refractivity contribution in [1.82, 2.24) is 0 Å². The summed E-state index contributed by atoms with van der Waals surface area (Å²) in [7, 11) is 1.67. The molecule has 0 aromatic heterocycles. The quantitative estimate of drug-likeness (QED) is 0.565. The van der Waals surface area contributed by atoms with Crippen LogP contribution in [0.4, 0.5) is 11.4 Å². The van der Waals surface area contributed by atoms with Crippen molar-refractivity contribution in [2.45, 2.75) is 32.7 Å². The first kappa shape index (κ1) is 16.3. The van der Waals surface area contributed by atoms with E-state index in [9.17, 15) is 4.79 Å². The van der Waals surface area contributed by atoms with Crippen LogP contribution in [0.3, 0.4) is 0 Å². The van der Waals surface area contributed by atoms with Crippen LogP contribution >= 0.6 is 0 Å². The molecule has 0 saturated carbocycles. The van der Waals surface area contributed by atoms with E-state index >= 15 is 0 Å². The molecule has 0 spiro atoms.